The molecule has 0 radical (unpaired) electrons. The number of aliphatic imine (C=N–C) groups is 1. The van der Waals surface area contributed by atoms with E-state index in [4.69, 9.17) is 4.99 Å². The van der Waals surface area contributed by atoms with Crippen molar-refractivity contribution in [2.45, 2.75) is 39.9 Å². The molecule has 0 aromatic heterocycles. The van der Waals surface area contributed by atoms with Crippen LogP contribution in [0.3, 0.4) is 0 Å². The summed E-state index contributed by atoms with van der Waals surface area (Å²) in [5.74, 6) is 0.448. The van der Waals surface area contributed by atoms with Crippen LogP contribution in [0.1, 0.15) is 25.0 Å². The molecule has 1 aromatic rings. The number of allylic oxidation sites excluding steroid dienone is 1. The van der Waals surface area contributed by atoms with Crippen LogP contribution in [0.4, 0.5) is 10.5 Å². The molecule has 0 saturated carbocycles. The average Bonchev–Trinajstić information content (AvgIpc) is 3.10. The van der Waals surface area contributed by atoms with E-state index < -0.39 is 12.2 Å². The van der Waals surface area contributed by atoms with Gasteiger partial charge in [0, 0.05) is 24.6 Å². The van der Waals surface area contributed by atoms with Crippen molar-refractivity contribution < 1.29 is 9.59 Å². The van der Waals surface area contributed by atoms with E-state index in [2.05, 4.69) is 38.6 Å². The zero-order chi connectivity index (χ0) is 20.3. The van der Waals surface area contributed by atoms with E-state index in [0.717, 1.165) is 28.1 Å². The molecular formula is C21H25N5O2. The lowest BCUT2D eigenvalue weighted by Crippen LogP contribution is -2.64. The number of urea groups is 1. The van der Waals surface area contributed by atoms with Crippen LogP contribution in [-0.4, -0.2) is 58.4 Å². The van der Waals surface area contributed by atoms with Crippen molar-refractivity contribution in [2.24, 2.45) is 4.99 Å². The smallest absolute Gasteiger partial charge is 0.302 e. The summed E-state index contributed by atoms with van der Waals surface area (Å²) in [4.78, 5) is 37.4. The van der Waals surface area contributed by atoms with Gasteiger partial charge in [0.1, 0.15) is 0 Å². The number of nitrogens with zero attached hydrogens (tertiary/aromatic N) is 5. The molecule has 28 heavy (non-hydrogen) atoms. The van der Waals surface area contributed by atoms with Crippen molar-refractivity contribution in [3.05, 3.63) is 53.4 Å². The lowest BCUT2D eigenvalue weighted by atomic mass is 10.1. The molecule has 3 heterocycles. The van der Waals surface area contributed by atoms with Crippen molar-refractivity contribution >= 4 is 23.6 Å². The molecule has 2 atom stereocenters. The van der Waals surface area contributed by atoms with Gasteiger partial charge in [0.05, 0.1) is 6.54 Å². The first-order chi connectivity index (χ1) is 13.2. The van der Waals surface area contributed by atoms with E-state index in [1.54, 1.807) is 11.9 Å². The van der Waals surface area contributed by atoms with Gasteiger partial charge in [-0.15, -0.1) is 0 Å². The number of amides is 3. The number of aryl methyl sites for hydroxylation is 2. The summed E-state index contributed by atoms with van der Waals surface area (Å²) in [6, 6.07) is 5.43. The first kappa shape index (κ1) is 18.3. The SMILES string of the molecule is C=C(C)CN1C(=O)C2C(N=C3N(c4cc(C)cc(C)c4)C(C)=CN32)N(C)C1=O. The van der Waals surface area contributed by atoms with Crippen LogP contribution in [0.25, 0.3) is 0 Å². The Morgan fingerprint density at radius 3 is 2.39 bits per heavy atom. The number of benzene rings is 1. The van der Waals surface area contributed by atoms with E-state index >= 15 is 0 Å². The Morgan fingerprint density at radius 1 is 1.14 bits per heavy atom. The van der Waals surface area contributed by atoms with Crippen LogP contribution < -0.4 is 4.90 Å². The Labute approximate surface area is 165 Å². The van der Waals surface area contributed by atoms with Gasteiger partial charge in [-0.05, 0) is 51.0 Å². The second-order valence-corrected chi connectivity index (χ2v) is 7.92. The highest BCUT2D eigenvalue weighted by molar-refractivity contribution is 6.10. The van der Waals surface area contributed by atoms with Gasteiger partial charge >= 0.3 is 6.03 Å². The lowest BCUT2D eigenvalue weighted by Gasteiger charge is -2.40. The Bertz CT molecular complexity index is 943. The van der Waals surface area contributed by atoms with Gasteiger partial charge in [-0.25, -0.2) is 9.79 Å². The largest absolute Gasteiger partial charge is 0.328 e. The van der Waals surface area contributed by atoms with Crippen LogP contribution >= 0.6 is 0 Å². The highest BCUT2D eigenvalue weighted by Crippen LogP contribution is 2.37. The highest BCUT2D eigenvalue weighted by Gasteiger charge is 2.54. The Hall–Kier alpha value is -3.09. The number of hydrogen-bond acceptors (Lipinski definition) is 5. The van der Waals surface area contributed by atoms with Gasteiger partial charge in [0.15, 0.2) is 12.2 Å². The summed E-state index contributed by atoms with van der Waals surface area (Å²) in [5, 5.41) is 0. The molecule has 146 valence electrons. The summed E-state index contributed by atoms with van der Waals surface area (Å²) in [7, 11) is 1.70. The van der Waals surface area contributed by atoms with Gasteiger partial charge in [0.25, 0.3) is 5.91 Å². The molecule has 0 bridgehead atoms. The van der Waals surface area contributed by atoms with Crippen molar-refractivity contribution in [1.82, 2.24) is 14.7 Å². The molecule has 1 saturated heterocycles. The molecule has 4 rings (SSSR count). The summed E-state index contributed by atoms with van der Waals surface area (Å²) >= 11 is 0. The average molecular weight is 379 g/mol. The number of anilines is 1. The number of likely N-dealkylation sites (N-methyl/N-ethyl adjacent to an activating group) is 1. The van der Waals surface area contributed by atoms with E-state index in [0.29, 0.717) is 5.96 Å². The fourth-order valence-corrected chi connectivity index (χ4v) is 4.17. The molecule has 1 aromatic carbocycles. The van der Waals surface area contributed by atoms with Crippen LogP contribution in [0.15, 0.2) is 47.2 Å². The molecule has 3 aliphatic heterocycles. The third-order valence-corrected chi connectivity index (χ3v) is 5.28. The van der Waals surface area contributed by atoms with E-state index in [1.165, 1.54) is 4.90 Å². The van der Waals surface area contributed by atoms with Crippen LogP contribution in [0.5, 0.6) is 0 Å². The lowest BCUT2D eigenvalue weighted by molar-refractivity contribution is -0.136. The molecule has 7 nitrogen and oxygen atoms in total. The molecule has 0 spiro atoms. The topological polar surface area (TPSA) is 59.5 Å². The normalized spacial score (nSPS) is 23.8. The number of hydrogen-bond donors (Lipinski definition) is 0. The third-order valence-electron chi connectivity index (χ3n) is 5.28. The third kappa shape index (κ3) is 2.61. The first-order valence-electron chi connectivity index (χ1n) is 9.34. The fraction of sp³-hybridized carbons (Fsp3) is 0.381. The molecule has 0 N–H and O–H groups in total. The van der Waals surface area contributed by atoms with Gasteiger partial charge in [-0.3, -0.25) is 14.6 Å². The summed E-state index contributed by atoms with van der Waals surface area (Å²) in [5.41, 5.74) is 5.08. The molecule has 1 fully saturated rings. The van der Waals surface area contributed by atoms with Gasteiger partial charge < -0.3 is 9.80 Å². The highest BCUT2D eigenvalue weighted by atomic mass is 16.2. The second kappa shape index (κ2) is 6.22. The minimum atomic E-state index is -0.553. The number of carbonyl (C=O) groups is 2. The maximum atomic E-state index is 13.2. The number of fused-ring (bicyclic) bond motifs is 3. The number of imide groups is 1. The Kier molecular flexibility index (Phi) is 4.06. The summed E-state index contributed by atoms with van der Waals surface area (Å²) in [6.45, 7) is 12.0. The van der Waals surface area contributed by atoms with E-state index in [9.17, 15) is 9.59 Å². The Morgan fingerprint density at radius 2 is 1.79 bits per heavy atom. The minimum Gasteiger partial charge on any atom is -0.302 e. The van der Waals surface area contributed by atoms with E-state index in [1.807, 2.05) is 29.8 Å². The molecule has 2 unspecified atom stereocenters. The Balaban J connectivity index is 1.74. The standard InChI is InChI=1S/C21H25N5O2/c1-12(2)10-25-19(27)17-18(23(6)21(25)28)22-20-24(17)11-15(5)26(20)16-8-13(3)7-14(4)9-16/h7-9,11,17-18H,1,10H2,2-6H3. The molecular weight excluding hydrogens is 354 g/mol. The van der Waals surface area contributed by atoms with Crippen LogP contribution in [0, 0.1) is 13.8 Å². The predicted molar refractivity (Wildman–Crippen MR) is 109 cm³/mol. The quantitative estimate of drug-likeness (QED) is 0.758. The van der Waals surface area contributed by atoms with Crippen molar-refractivity contribution in [2.75, 3.05) is 18.5 Å². The maximum absolute atomic E-state index is 13.2. The van der Waals surface area contributed by atoms with Crippen molar-refractivity contribution in [3.8, 4) is 0 Å². The number of rotatable bonds is 3. The first-order valence-corrected chi connectivity index (χ1v) is 9.34. The van der Waals surface area contributed by atoms with E-state index in [-0.39, 0.29) is 18.5 Å². The van der Waals surface area contributed by atoms with Crippen LogP contribution in [0.2, 0.25) is 0 Å². The molecule has 0 aliphatic carbocycles. The van der Waals surface area contributed by atoms with Gasteiger partial charge in [-0.2, -0.15) is 0 Å². The zero-order valence-electron chi connectivity index (χ0n) is 16.9. The molecule has 3 aliphatic rings. The van der Waals surface area contributed by atoms with Crippen LogP contribution in [-0.2, 0) is 4.79 Å². The number of guanidine groups is 1. The van der Waals surface area contributed by atoms with Gasteiger partial charge in [0.2, 0.25) is 5.96 Å². The maximum Gasteiger partial charge on any atom is 0.328 e. The fourth-order valence-electron chi connectivity index (χ4n) is 4.17. The van der Waals surface area contributed by atoms with Crippen molar-refractivity contribution in [1.29, 1.82) is 0 Å². The molecule has 7 heteroatoms. The summed E-state index contributed by atoms with van der Waals surface area (Å²) < 4.78 is 0. The minimum absolute atomic E-state index is 0.220. The summed E-state index contributed by atoms with van der Waals surface area (Å²) in [6.07, 6.45) is 1.41. The monoisotopic (exact) mass is 379 g/mol. The zero-order valence-corrected chi connectivity index (χ0v) is 16.9. The predicted octanol–water partition coefficient (Wildman–Crippen LogP) is 2.82. The molecule has 3 amide bonds. The second-order valence-electron chi connectivity index (χ2n) is 7.92. The van der Waals surface area contributed by atoms with Gasteiger partial charge in [-0.1, -0.05) is 18.2 Å². The van der Waals surface area contributed by atoms with Crippen molar-refractivity contribution in [3.63, 3.8) is 0 Å². The number of carbonyl (C=O) groups excluding carboxylic acids is 2.